The van der Waals surface area contributed by atoms with Gasteiger partial charge in [0.25, 0.3) is 11.8 Å². The summed E-state index contributed by atoms with van der Waals surface area (Å²) in [7, 11) is 0. The van der Waals surface area contributed by atoms with Crippen molar-refractivity contribution < 1.29 is 29.6 Å². The minimum atomic E-state index is -0.392. The highest BCUT2D eigenvalue weighted by molar-refractivity contribution is 6.32. The maximum absolute atomic E-state index is 12.4. The van der Waals surface area contributed by atoms with Crippen molar-refractivity contribution in [3.05, 3.63) is 59.7 Å². The molecule has 0 spiro atoms. The topological polar surface area (TPSA) is 282 Å². The Labute approximate surface area is 315 Å². The standard InChI is InChI=1S/C36H54N12O6/c37-45-31(25-43-29-15-11-27(12-16-29)35(51)41-19-7-3-1-5-9-33(49)47-53)23-39-21-22-40-24-32(46-38)26-44-30-17-13-28(14-18-30)36(52)42-20-8-4-2-6-10-34(50)48-54/h11-18,23-24,43-44,53-54H,1-10,19-22,25-26,37-38H2,(H,41,51)(H,42,52)(H,47,49)(H,48,50). The van der Waals surface area contributed by atoms with Gasteiger partial charge in [-0.25, -0.2) is 11.0 Å². The fraction of sp³-hybridized carbons (Fsp3) is 0.444. The Hall–Kier alpha value is -5.88. The summed E-state index contributed by atoms with van der Waals surface area (Å²) in [6.45, 7) is 2.50. The molecule has 0 saturated carbocycles. The zero-order chi connectivity index (χ0) is 39.2. The number of carbonyl (C=O) groups is 4. The molecule has 2 aromatic rings. The van der Waals surface area contributed by atoms with Crippen molar-refractivity contribution in [2.24, 2.45) is 31.9 Å². The lowest BCUT2D eigenvalue weighted by atomic mass is 10.1. The molecule has 0 aromatic heterocycles. The third kappa shape index (κ3) is 19.7. The van der Waals surface area contributed by atoms with Crippen molar-refractivity contribution >= 4 is 58.9 Å². The number of hydrogen-bond acceptors (Lipinski definition) is 14. The smallest absolute Gasteiger partial charge is 0.251 e. The lowest BCUT2D eigenvalue weighted by Gasteiger charge is -2.08. The number of hydrogen-bond donors (Lipinski definition) is 10. The summed E-state index contributed by atoms with van der Waals surface area (Å²) in [5.74, 6) is 9.95. The largest absolute Gasteiger partial charge is 0.379 e. The van der Waals surface area contributed by atoms with Crippen LogP contribution in [0.1, 0.15) is 84.9 Å². The first-order chi connectivity index (χ1) is 26.3. The summed E-state index contributed by atoms with van der Waals surface area (Å²) in [4.78, 5) is 55.5. The van der Waals surface area contributed by atoms with Crippen LogP contribution in [0, 0.1) is 0 Å². The van der Waals surface area contributed by atoms with E-state index in [1.54, 1.807) is 71.9 Å². The molecule has 2 aromatic carbocycles. The quantitative estimate of drug-likeness (QED) is 0.0209. The van der Waals surface area contributed by atoms with E-state index in [1.807, 2.05) is 0 Å². The lowest BCUT2D eigenvalue weighted by Crippen LogP contribution is -2.24. The van der Waals surface area contributed by atoms with Gasteiger partial charge in [-0.05, 0) is 74.2 Å². The summed E-state index contributed by atoms with van der Waals surface area (Å²) in [6, 6.07) is 14.1. The number of aliphatic imine (C=N–C) groups is 2. The number of nitrogens with two attached hydrogens (primary N) is 2. The Morgan fingerprint density at radius 2 is 0.926 bits per heavy atom. The SMILES string of the molecule is NN=C(C=NCCN=CC(CNc1ccc(C(=O)NCCCCCCC(=O)NO)cc1)=NN)CNc1ccc(C(=O)NCCCCCCC(=O)NO)cc1. The van der Waals surface area contributed by atoms with Crippen molar-refractivity contribution in [2.75, 3.05) is 49.9 Å². The van der Waals surface area contributed by atoms with E-state index in [0.29, 0.717) is 74.7 Å². The van der Waals surface area contributed by atoms with E-state index >= 15 is 0 Å². The van der Waals surface area contributed by atoms with Gasteiger partial charge in [-0.15, -0.1) is 0 Å². The van der Waals surface area contributed by atoms with Crippen LogP contribution in [0.2, 0.25) is 0 Å². The van der Waals surface area contributed by atoms with Gasteiger partial charge in [-0.2, -0.15) is 10.2 Å². The zero-order valence-electron chi connectivity index (χ0n) is 30.6. The van der Waals surface area contributed by atoms with Gasteiger partial charge in [0, 0.05) is 60.9 Å². The molecule has 0 radical (unpaired) electrons. The van der Waals surface area contributed by atoms with E-state index < -0.39 is 11.8 Å². The van der Waals surface area contributed by atoms with Crippen LogP contribution >= 0.6 is 0 Å². The highest BCUT2D eigenvalue weighted by atomic mass is 16.5. The summed E-state index contributed by atoms with van der Waals surface area (Å²) in [6.07, 6.45) is 10.1. The number of nitrogens with zero attached hydrogens (tertiary/aromatic N) is 4. The minimum Gasteiger partial charge on any atom is -0.379 e. The molecule has 18 nitrogen and oxygen atoms in total. The average Bonchev–Trinajstić information content (AvgIpc) is 3.20. The molecular formula is C36H54N12O6. The van der Waals surface area contributed by atoms with Gasteiger partial charge in [-0.1, -0.05) is 25.7 Å². The molecule has 2 rings (SSSR count). The van der Waals surface area contributed by atoms with Gasteiger partial charge >= 0.3 is 0 Å². The van der Waals surface area contributed by atoms with Crippen molar-refractivity contribution in [3.63, 3.8) is 0 Å². The summed E-state index contributed by atoms with van der Waals surface area (Å²) >= 11 is 0. The summed E-state index contributed by atoms with van der Waals surface area (Å²) in [5.41, 5.74) is 6.91. The third-order valence-electron chi connectivity index (χ3n) is 7.89. The monoisotopic (exact) mass is 750 g/mol. The molecule has 0 saturated heterocycles. The first-order valence-electron chi connectivity index (χ1n) is 17.9. The van der Waals surface area contributed by atoms with Gasteiger partial charge in [0.2, 0.25) is 11.8 Å². The van der Waals surface area contributed by atoms with Crippen LogP contribution in [0.5, 0.6) is 0 Å². The molecule has 0 aliphatic rings. The van der Waals surface area contributed by atoms with Crippen molar-refractivity contribution in [1.29, 1.82) is 0 Å². The molecule has 0 unspecified atom stereocenters. The van der Waals surface area contributed by atoms with Gasteiger partial charge in [0.1, 0.15) is 0 Å². The van der Waals surface area contributed by atoms with Crippen molar-refractivity contribution in [3.8, 4) is 0 Å². The van der Waals surface area contributed by atoms with E-state index in [2.05, 4.69) is 41.5 Å². The Morgan fingerprint density at radius 1 is 0.556 bits per heavy atom. The summed E-state index contributed by atoms with van der Waals surface area (Å²) in [5, 5.41) is 36.7. The Balaban J connectivity index is 1.62. The molecule has 18 heteroatoms. The molecule has 0 heterocycles. The molecule has 0 atom stereocenters. The molecule has 294 valence electrons. The number of rotatable bonds is 27. The van der Waals surface area contributed by atoms with Gasteiger partial charge in [-0.3, -0.25) is 39.6 Å². The minimum absolute atomic E-state index is 0.166. The number of unbranched alkanes of at least 4 members (excludes halogenated alkanes) is 6. The van der Waals surface area contributed by atoms with Crippen LogP contribution in [0.3, 0.4) is 0 Å². The van der Waals surface area contributed by atoms with Crippen molar-refractivity contribution in [1.82, 2.24) is 21.6 Å². The number of nitrogens with one attached hydrogen (secondary N) is 6. The highest BCUT2D eigenvalue weighted by Crippen LogP contribution is 2.11. The van der Waals surface area contributed by atoms with Crippen LogP contribution in [0.15, 0.2) is 68.7 Å². The van der Waals surface area contributed by atoms with Crippen LogP contribution in [-0.2, 0) is 9.59 Å². The fourth-order valence-corrected chi connectivity index (χ4v) is 4.82. The maximum Gasteiger partial charge on any atom is 0.251 e. The first kappa shape index (κ1) is 44.3. The second-order valence-corrected chi connectivity index (χ2v) is 12.1. The van der Waals surface area contributed by atoms with E-state index in [-0.39, 0.29) is 24.7 Å². The predicted molar refractivity (Wildman–Crippen MR) is 211 cm³/mol. The van der Waals surface area contributed by atoms with E-state index in [9.17, 15) is 19.2 Å². The van der Waals surface area contributed by atoms with Gasteiger partial charge in [0.05, 0.1) is 37.6 Å². The molecule has 12 N–H and O–H groups in total. The Morgan fingerprint density at radius 3 is 1.28 bits per heavy atom. The number of carbonyl (C=O) groups excluding carboxylic acids is 4. The van der Waals surface area contributed by atoms with Crippen LogP contribution in [0.4, 0.5) is 11.4 Å². The second kappa shape index (κ2) is 27.7. The average molecular weight is 751 g/mol. The first-order valence-corrected chi connectivity index (χ1v) is 17.9. The lowest BCUT2D eigenvalue weighted by molar-refractivity contribution is -0.130. The van der Waals surface area contributed by atoms with Crippen LogP contribution in [0.25, 0.3) is 0 Å². The number of amides is 4. The second-order valence-electron chi connectivity index (χ2n) is 12.1. The molecule has 0 aliphatic heterocycles. The normalized spacial score (nSPS) is 11.7. The molecular weight excluding hydrogens is 696 g/mol. The highest BCUT2D eigenvalue weighted by Gasteiger charge is 2.07. The van der Waals surface area contributed by atoms with Crippen molar-refractivity contribution in [2.45, 2.75) is 64.2 Å². The molecule has 0 fully saturated rings. The molecule has 0 bridgehead atoms. The van der Waals surface area contributed by atoms with E-state index in [4.69, 9.17) is 22.1 Å². The Kier molecular flexibility index (Phi) is 22.7. The van der Waals surface area contributed by atoms with Gasteiger partial charge < -0.3 is 33.0 Å². The molecule has 0 aliphatic carbocycles. The van der Waals surface area contributed by atoms with E-state index in [1.165, 1.54) is 0 Å². The molecule has 54 heavy (non-hydrogen) atoms. The summed E-state index contributed by atoms with van der Waals surface area (Å²) < 4.78 is 0. The fourth-order valence-electron chi connectivity index (χ4n) is 4.82. The van der Waals surface area contributed by atoms with E-state index in [0.717, 1.165) is 49.9 Å². The number of anilines is 2. The Bertz CT molecular complexity index is 1430. The van der Waals surface area contributed by atoms with Gasteiger partial charge in [0.15, 0.2) is 0 Å². The number of benzene rings is 2. The van der Waals surface area contributed by atoms with Crippen LogP contribution in [-0.4, -0.2) is 97.2 Å². The van der Waals surface area contributed by atoms with Crippen LogP contribution < -0.4 is 43.9 Å². The third-order valence-corrected chi connectivity index (χ3v) is 7.89. The zero-order valence-corrected chi connectivity index (χ0v) is 30.6. The maximum atomic E-state index is 12.4. The molecule has 4 amide bonds. The predicted octanol–water partition coefficient (Wildman–Crippen LogP) is 2.35. The number of hydrazone groups is 2. The number of hydroxylamine groups is 2.